The molecule has 1 aliphatic rings. The van der Waals surface area contributed by atoms with Crippen LogP contribution in [0.1, 0.15) is 24.1 Å². The van der Waals surface area contributed by atoms with Gasteiger partial charge in [0.1, 0.15) is 5.82 Å². The van der Waals surface area contributed by atoms with E-state index in [1.807, 2.05) is 18.2 Å². The normalized spacial score (nSPS) is 16.8. The molecule has 1 N–H and O–H groups in total. The summed E-state index contributed by atoms with van der Waals surface area (Å²) in [5.74, 6) is -0.316. The number of carbonyl (C=O) groups excluding carboxylic acids is 1. The quantitative estimate of drug-likeness (QED) is 0.815. The van der Waals surface area contributed by atoms with Crippen molar-refractivity contribution < 1.29 is 9.18 Å². The summed E-state index contributed by atoms with van der Waals surface area (Å²) in [6.07, 6.45) is 0.269. The molecule has 0 saturated carbocycles. The van der Waals surface area contributed by atoms with Gasteiger partial charge in [0.25, 0.3) is 0 Å². The number of halogens is 1. The first-order valence-corrected chi connectivity index (χ1v) is 9.68. The molecule has 27 heavy (non-hydrogen) atoms. The summed E-state index contributed by atoms with van der Waals surface area (Å²) in [7, 11) is 0. The van der Waals surface area contributed by atoms with Gasteiger partial charge in [-0.25, -0.2) is 4.39 Å². The highest BCUT2D eigenvalue weighted by molar-refractivity contribution is 5.78. The zero-order valence-electron chi connectivity index (χ0n) is 15.9. The van der Waals surface area contributed by atoms with E-state index in [0.29, 0.717) is 6.54 Å². The van der Waals surface area contributed by atoms with Crippen LogP contribution >= 0.6 is 0 Å². The molecule has 0 radical (unpaired) electrons. The lowest BCUT2D eigenvalue weighted by Gasteiger charge is -2.39. The van der Waals surface area contributed by atoms with Crippen LogP contribution in [-0.4, -0.2) is 55.0 Å². The van der Waals surface area contributed by atoms with Gasteiger partial charge in [0.2, 0.25) is 5.91 Å². The van der Waals surface area contributed by atoms with Gasteiger partial charge in [-0.15, -0.1) is 0 Å². The van der Waals surface area contributed by atoms with E-state index < -0.39 is 0 Å². The second-order valence-electron chi connectivity index (χ2n) is 7.00. The van der Waals surface area contributed by atoms with Crippen LogP contribution in [0.15, 0.2) is 54.6 Å². The Kier molecular flexibility index (Phi) is 6.96. The summed E-state index contributed by atoms with van der Waals surface area (Å²) in [5.41, 5.74) is 2.05. The van der Waals surface area contributed by atoms with E-state index >= 15 is 0 Å². The van der Waals surface area contributed by atoms with Crippen molar-refractivity contribution in [1.29, 1.82) is 0 Å². The van der Waals surface area contributed by atoms with E-state index in [4.69, 9.17) is 0 Å². The number of likely N-dealkylation sites (N-methyl/N-ethyl adjacent to an activating group) is 1. The molecule has 1 amide bonds. The van der Waals surface area contributed by atoms with Crippen molar-refractivity contribution >= 4 is 5.91 Å². The monoisotopic (exact) mass is 369 g/mol. The Morgan fingerprint density at radius 3 is 2.33 bits per heavy atom. The summed E-state index contributed by atoms with van der Waals surface area (Å²) >= 11 is 0. The Morgan fingerprint density at radius 2 is 1.70 bits per heavy atom. The molecule has 0 bridgehead atoms. The fourth-order valence-corrected chi connectivity index (χ4v) is 3.58. The number of benzene rings is 2. The van der Waals surface area contributed by atoms with Crippen molar-refractivity contribution in [2.75, 3.05) is 39.3 Å². The van der Waals surface area contributed by atoms with Crippen molar-refractivity contribution in [3.8, 4) is 0 Å². The van der Waals surface area contributed by atoms with Crippen LogP contribution in [0.3, 0.4) is 0 Å². The summed E-state index contributed by atoms with van der Waals surface area (Å²) in [5, 5.41) is 3.08. The van der Waals surface area contributed by atoms with Gasteiger partial charge in [-0.2, -0.15) is 0 Å². The molecule has 4 nitrogen and oxygen atoms in total. The molecule has 1 fully saturated rings. The average Bonchev–Trinajstić information content (AvgIpc) is 2.71. The number of hydrogen-bond acceptors (Lipinski definition) is 3. The molecule has 0 aromatic heterocycles. The molecule has 0 aliphatic carbocycles. The molecule has 2 aromatic carbocycles. The molecule has 1 unspecified atom stereocenters. The van der Waals surface area contributed by atoms with Crippen LogP contribution in [0.2, 0.25) is 0 Å². The number of amides is 1. The number of carbonyl (C=O) groups is 1. The van der Waals surface area contributed by atoms with E-state index in [0.717, 1.165) is 38.3 Å². The minimum absolute atomic E-state index is 0.0327. The minimum atomic E-state index is -0.283. The highest BCUT2D eigenvalue weighted by Gasteiger charge is 2.24. The van der Waals surface area contributed by atoms with Crippen molar-refractivity contribution in [3.63, 3.8) is 0 Å². The van der Waals surface area contributed by atoms with E-state index in [1.165, 1.54) is 17.7 Å². The second kappa shape index (κ2) is 9.62. The number of rotatable bonds is 7. The molecule has 5 heteroatoms. The molecule has 144 valence electrons. The first-order chi connectivity index (χ1) is 13.2. The third-order valence-electron chi connectivity index (χ3n) is 5.25. The molecule has 1 aliphatic heterocycles. The van der Waals surface area contributed by atoms with Crippen LogP contribution in [0.5, 0.6) is 0 Å². The summed E-state index contributed by atoms with van der Waals surface area (Å²) in [6, 6.07) is 16.6. The zero-order chi connectivity index (χ0) is 19.1. The maximum atomic E-state index is 13.0. The zero-order valence-corrected chi connectivity index (χ0v) is 15.9. The average molecular weight is 369 g/mol. The lowest BCUT2D eigenvalue weighted by Crippen LogP contribution is -2.49. The van der Waals surface area contributed by atoms with Crippen molar-refractivity contribution in [3.05, 3.63) is 71.5 Å². The Bertz CT molecular complexity index is 712. The molecular weight excluding hydrogens is 341 g/mol. The minimum Gasteiger partial charge on any atom is -0.354 e. The maximum Gasteiger partial charge on any atom is 0.224 e. The smallest absolute Gasteiger partial charge is 0.224 e. The van der Waals surface area contributed by atoms with Crippen LogP contribution < -0.4 is 5.32 Å². The predicted octanol–water partition coefficient (Wildman–Crippen LogP) is 2.86. The van der Waals surface area contributed by atoms with E-state index in [-0.39, 0.29) is 24.2 Å². The number of nitrogens with zero attached hydrogens (tertiary/aromatic N) is 2. The van der Waals surface area contributed by atoms with Crippen LogP contribution in [0.4, 0.5) is 4.39 Å². The molecule has 1 atom stereocenters. The molecular formula is C22H28FN3O. The summed E-state index contributed by atoms with van der Waals surface area (Å²) < 4.78 is 13.0. The lowest BCUT2D eigenvalue weighted by molar-refractivity contribution is -0.120. The fraction of sp³-hybridized carbons (Fsp3) is 0.409. The largest absolute Gasteiger partial charge is 0.354 e. The van der Waals surface area contributed by atoms with E-state index in [2.05, 4.69) is 34.2 Å². The lowest BCUT2D eigenvalue weighted by atomic mass is 10.0. The number of piperazine rings is 1. The fourth-order valence-electron chi connectivity index (χ4n) is 3.58. The molecule has 1 saturated heterocycles. The Morgan fingerprint density at radius 1 is 1.04 bits per heavy atom. The van der Waals surface area contributed by atoms with E-state index in [9.17, 15) is 9.18 Å². The SMILES string of the molecule is CCN1CCN(C(CNC(=O)Cc2ccc(F)cc2)c2ccccc2)CC1. The first-order valence-electron chi connectivity index (χ1n) is 9.68. The van der Waals surface area contributed by atoms with Gasteiger partial charge in [-0.3, -0.25) is 9.69 Å². The molecule has 1 heterocycles. The predicted molar refractivity (Wildman–Crippen MR) is 106 cm³/mol. The summed E-state index contributed by atoms with van der Waals surface area (Å²) in [4.78, 5) is 17.3. The number of hydrogen-bond donors (Lipinski definition) is 1. The molecule has 3 rings (SSSR count). The van der Waals surface area contributed by atoms with Crippen molar-refractivity contribution in [2.24, 2.45) is 0 Å². The van der Waals surface area contributed by atoms with Gasteiger partial charge < -0.3 is 10.2 Å². The standard InChI is InChI=1S/C22H28FN3O/c1-2-25-12-14-26(15-13-25)21(19-6-4-3-5-7-19)17-24-22(27)16-18-8-10-20(23)11-9-18/h3-11,21H,2,12-17H2,1H3,(H,24,27). The third kappa shape index (κ3) is 5.62. The van der Waals surface area contributed by atoms with Crippen molar-refractivity contribution in [2.45, 2.75) is 19.4 Å². The van der Waals surface area contributed by atoms with Gasteiger partial charge in [0.15, 0.2) is 0 Å². The van der Waals surface area contributed by atoms with Gasteiger partial charge in [-0.05, 0) is 29.8 Å². The summed E-state index contributed by atoms with van der Waals surface area (Å²) in [6.45, 7) is 7.98. The van der Waals surface area contributed by atoms with Crippen LogP contribution in [0, 0.1) is 5.82 Å². The van der Waals surface area contributed by atoms with Gasteiger partial charge in [0, 0.05) is 32.7 Å². The molecule has 0 spiro atoms. The Hall–Kier alpha value is -2.24. The Labute approximate surface area is 161 Å². The number of nitrogens with one attached hydrogen (secondary N) is 1. The maximum absolute atomic E-state index is 13.0. The highest BCUT2D eigenvalue weighted by Crippen LogP contribution is 2.21. The molecule has 2 aromatic rings. The topological polar surface area (TPSA) is 35.6 Å². The van der Waals surface area contributed by atoms with Gasteiger partial charge >= 0.3 is 0 Å². The van der Waals surface area contributed by atoms with Gasteiger partial charge in [-0.1, -0.05) is 49.4 Å². The third-order valence-corrected chi connectivity index (χ3v) is 5.25. The van der Waals surface area contributed by atoms with Crippen LogP contribution in [-0.2, 0) is 11.2 Å². The Balaban J connectivity index is 1.61. The van der Waals surface area contributed by atoms with E-state index in [1.54, 1.807) is 12.1 Å². The van der Waals surface area contributed by atoms with Crippen LogP contribution in [0.25, 0.3) is 0 Å². The highest BCUT2D eigenvalue weighted by atomic mass is 19.1. The van der Waals surface area contributed by atoms with Gasteiger partial charge in [0.05, 0.1) is 12.5 Å². The van der Waals surface area contributed by atoms with Crippen molar-refractivity contribution in [1.82, 2.24) is 15.1 Å². The second-order valence-corrected chi connectivity index (χ2v) is 7.00. The first kappa shape index (κ1) is 19.5.